The van der Waals surface area contributed by atoms with E-state index in [1.54, 1.807) is 12.1 Å². The molecule has 3 nitrogen and oxygen atoms in total. The van der Waals surface area contributed by atoms with E-state index in [0.29, 0.717) is 17.2 Å². The molecule has 22 heavy (non-hydrogen) atoms. The molecule has 0 spiro atoms. The number of fused-ring (bicyclic) bond motifs is 1. The molecule has 1 heterocycles. The third kappa shape index (κ3) is 2.79. The van der Waals surface area contributed by atoms with Crippen LogP contribution in [0, 0.1) is 5.82 Å². The maximum atomic E-state index is 14.6. The van der Waals surface area contributed by atoms with Gasteiger partial charge in [-0.05, 0) is 24.6 Å². The van der Waals surface area contributed by atoms with Crippen molar-refractivity contribution in [3.63, 3.8) is 0 Å². The van der Waals surface area contributed by atoms with Crippen LogP contribution in [0.25, 0.3) is 10.2 Å². The van der Waals surface area contributed by atoms with Crippen LogP contribution in [0.3, 0.4) is 0 Å². The fourth-order valence-electron chi connectivity index (χ4n) is 2.13. The van der Waals surface area contributed by atoms with Crippen LogP contribution in [0.4, 0.5) is 4.39 Å². The number of hydrogen-bond acceptors (Lipinski definition) is 4. The average Bonchev–Trinajstić information content (AvgIpc) is 2.93. The van der Waals surface area contributed by atoms with Gasteiger partial charge in [-0.2, -0.15) is 0 Å². The first kappa shape index (κ1) is 15.2. The topological polar surface area (TPSA) is 48.1 Å². The Bertz CT molecular complexity index is 788. The summed E-state index contributed by atoms with van der Waals surface area (Å²) >= 11 is 7.41. The number of halogens is 2. The van der Waals surface area contributed by atoms with E-state index in [1.165, 1.54) is 11.3 Å². The smallest absolute Gasteiger partial charge is 0.279 e. The van der Waals surface area contributed by atoms with Crippen molar-refractivity contribution in [3.05, 3.63) is 52.8 Å². The molecule has 2 N–H and O–H groups in total. The quantitative estimate of drug-likeness (QED) is 0.704. The Labute approximate surface area is 136 Å². The number of rotatable bonds is 4. The second-order valence-electron chi connectivity index (χ2n) is 4.84. The molecule has 0 saturated heterocycles. The largest absolute Gasteiger partial charge is 0.426 e. The van der Waals surface area contributed by atoms with E-state index in [1.807, 2.05) is 31.2 Å². The zero-order valence-corrected chi connectivity index (χ0v) is 13.4. The molecule has 1 aromatic heterocycles. The predicted octanol–water partition coefficient (Wildman–Crippen LogP) is 5.29. The van der Waals surface area contributed by atoms with Crippen molar-refractivity contribution in [2.24, 2.45) is 5.73 Å². The van der Waals surface area contributed by atoms with E-state index in [4.69, 9.17) is 22.1 Å². The van der Waals surface area contributed by atoms with E-state index in [2.05, 4.69) is 4.98 Å². The van der Waals surface area contributed by atoms with Gasteiger partial charge in [0.15, 0.2) is 11.6 Å². The second-order valence-corrected chi connectivity index (χ2v) is 6.24. The molecular weight excluding hydrogens is 323 g/mol. The van der Waals surface area contributed by atoms with Gasteiger partial charge in [-0.25, -0.2) is 9.37 Å². The summed E-state index contributed by atoms with van der Waals surface area (Å²) in [4.78, 5) is 4.32. The number of para-hydroxylation sites is 1. The fraction of sp³-hybridized carbons (Fsp3) is 0.188. The van der Waals surface area contributed by atoms with Crippen LogP contribution in [-0.2, 0) is 0 Å². The molecule has 0 amide bonds. The van der Waals surface area contributed by atoms with Gasteiger partial charge in [0.1, 0.15) is 0 Å². The van der Waals surface area contributed by atoms with Crippen LogP contribution in [0.15, 0.2) is 36.4 Å². The Kier molecular flexibility index (Phi) is 4.29. The van der Waals surface area contributed by atoms with E-state index in [-0.39, 0.29) is 10.8 Å². The molecule has 0 bridgehead atoms. The predicted molar refractivity (Wildman–Crippen MR) is 88.3 cm³/mol. The minimum atomic E-state index is -0.527. The van der Waals surface area contributed by atoms with Gasteiger partial charge in [-0.15, -0.1) is 0 Å². The lowest BCUT2D eigenvalue weighted by molar-refractivity contribution is 0.433. The maximum absolute atomic E-state index is 14.6. The third-order valence-corrected chi connectivity index (χ3v) is 4.59. The molecule has 6 heteroatoms. The van der Waals surface area contributed by atoms with Crippen molar-refractivity contribution in [2.45, 2.75) is 19.4 Å². The minimum Gasteiger partial charge on any atom is -0.426 e. The molecule has 0 fully saturated rings. The summed E-state index contributed by atoms with van der Waals surface area (Å²) in [6.07, 6.45) is 0.624. The van der Waals surface area contributed by atoms with Crippen molar-refractivity contribution >= 4 is 33.2 Å². The van der Waals surface area contributed by atoms with Crippen molar-refractivity contribution in [1.29, 1.82) is 0 Å². The Morgan fingerprint density at radius 3 is 2.82 bits per heavy atom. The summed E-state index contributed by atoms with van der Waals surface area (Å²) in [6, 6.07) is 10.4. The van der Waals surface area contributed by atoms with Crippen LogP contribution >= 0.6 is 22.9 Å². The van der Waals surface area contributed by atoms with Crippen molar-refractivity contribution < 1.29 is 9.13 Å². The van der Waals surface area contributed by atoms with Crippen LogP contribution < -0.4 is 10.5 Å². The molecule has 114 valence electrons. The number of aromatic nitrogens is 1. The van der Waals surface area contributed by atoms with Gasteiger partial charge in [0, 0.05) is 11.6 Å². The summed E-state index contributed by atoms with van der Waals surface area (Å²) in [5.74, 6) is -0.553. The molecular formula is C16H14ClFN2OS. The Balaban J connectivity index is 2.00. The number of thiazole rings is 1. The minimum absolute atomic E-state index is 0.0258. The number of nitrogens with two attached hydrogens (primary N) is 1. The van der Waals surface area contributed by atoms with E-state index < -0.39 is 11.9 Å². The fourth-order valence-corrected chi connectivity index (χ4v) is 3.14. The zero-order valence-electron chi connectivity index (χ0n) is 11.8. The highest BCUT2D eigenvalue weighted by molar-refractivity contribution is 7.20. The van der Waals surface area contributed by atoms with Gasteiger partial charge < -0.3 is 10.5 Å². The molecule has 3 aromatic rings. The van der Waals surface area contributed by atoms with Gasteiger partial charge in [0.05, 0.1) is 15.2 Å². The lowest BCUT2D eigenvalue weighted by atomic mass is 10.0. The number of benzene rings is 2. The SMILES string of the molecule is CC[C@@H](N)c1ccc(Cl)c(Oc2nc3ccccc3s2)c1F. The number of nitrogens with zero attached hydrogens (tertiary/aromatic N) is 1. The molecule has 0 aliphatic heterocycles. The van der Waals surface area contributed by atoms with Gasteiger partial charge >= 0.3 is 0 Å². The summed E-state index contributed by atoms with van der Waals surface area (Å²) in [7, 11) is 0. The normalized spacial score (nSPS) is 12.5. The summed E-state index contributed by atoms with van der Waals surface area (Å²) in [5, 5.41) is 0.549. The summed E-state index contributed by atoms with van der Waals surface area (Å²) in [6.45, 7) is 1.90. The molecule has 0 aliphatic rings. The highest BCUT2D eigenvalue weighted by Gasteiger charge is 2.19. The van der Waals surface area contributed by atoms with Gasteiger partial charge in [0.25, 0.3) is 5.19 Å². The van der Waals surface area contributed by atoms with Crippen molar-refractivity contribution in [2.75, 3.05) is 0 Å². The lowest BCUT2D eigenvalue weighted by Gasteiger charge is -2.14. The first-order valence-corrected chi connectivity index (χ1v) is 8.06. The zero-order chi connectivity index (χ0) is 15.7. The first-order chi connectivity index (χ1) is 10.6. The van der Waals surface area contributed by atoms with Crippen molar-refractivity contribution in [3.8, 4) is 10.9 Å². The van der Waals surface area contributed by atoms with Gasteiger partial charge in [-0.3, -0.25) is 0 Å². The first-order valence-electron chi connectivity index (χ1n) is 6.87. The highest BCUT2D eigenvalue weighted by Crippen LogP contribution is 2.38. The molecule has 0 unspecified atom stereocenters. The lowest BCUT2D eigenvalue weighted by Crippen LogP contribution is -2.11. The molecule has 0 radical (unpaired) electrons. The molecule has 2 aromatic carbocycles. The Morgan fingerprint density at radius 1 is 1.32 bits per heavy atom. The standard InChI is InChI=1S/C16H14ClFN2OS/c1-2-11(19)9-7-8-10(17)15(14(9)18)21-16-20-12-5-3-4-6-13(12)22-16/h3-8,11H,2,19H2,1H3/t11-/m1/s1. The van der Waals surface area contributed by atoms with Crippen LogP contribution in [0.1, 0.15) is 24.9 Å². The third-order valence-electron chi connectivity index (χ3n) is 3.38. The Hall–Kier alpha value is -1.69. The van der Waals surface area contributed by atoms with Gasteiger partial charge in [-0.1, -0.05) is 48.1 Å². The Morgan fingerprint density at radius 2 is 2.09 bits per heavy atom. The van der Waals surface area contributed by atoms with E-state index >= 15 is 0 Å². The van der Waals surface area contributed by atoms with Crippen LogP contribution in [-0.4, -0.2) is 4.98 Å². The average molecular weight is 337 g/mol. The summed E-state index contributed by atoms with van der Waals surface area (Å²) in [5.41, 5.74) is 7.11. The summed E-state index contributed by atoms with van der Waals surface area (Å²) < 4.78 is 21.2. The maximum Gasteiger partial charge on any atom is 0.279 e. The molecule has 3 rings (SSSR count). The van der Waals surface area contributed by atoms with Crippen molar-refractivity contribution in [1.82, 2.24) is 4.98 Å². The van der Waals surface area contributed by atoms with Gasteiger partial charge in [0.2, 0.25) is 0 Å². The second kappa shape index (κ2) is 6.20. The number of ether oxygens (including phenoxy) is 1. The highest BCUT2D eigenvalue weighted by atomic mass is 35.5. The van der Waals surface area contributed by atoms with E-state index in [9.17, 15) is 4.39 Å². The monoisotopic (exact) mass is 336 g/mol. The van der Waals surface area contributed by atoms with Crippen LogP contribution in [0.2, 0.25) is 5.02 Å². The molecule has 1 atom stereocenters. The number of hydrogen-bond donors (Lipinski definition) is 1. The van der Waals surface area contributed by atoms with E-state index in [0.717, 1.165) is 10.2 Å². The molecule has 0 aliphatic carbocycles. The molecule has 0 saturated carbocycles. The van der Waals surface area contributed by atoms with Crippen LogP contribution in [0.5, 0.6) is 10.9 Å².